The standard InChI is InChI=1S/C30H36N4O5S/c1-18(2)16-22(31-27(37)21-9-7-20(8-10-21)25-6-4-15-40-25)28(38)33-14-11-23-26(33)24(36)17-34(23)29(39)30(12-5-13-30)32-19(3)35/h4,6-10,15,18,22-23,26H,5,11-14,16-17H2,1-3H3,(H,31,37)(H,32,35). The quantitative estimate of drug-likeness (QED) is 0.512. The first-order valence-electron chi connectivity index (χ1n) is 14.0. The Bertz CT molecular complexity index is 1300. The number of nitrogens with zero attached hydrogens (tertiary/aromatic N) is 2. The Kier molecular flexibility index (Phi) is 7.81. The number of fused-ring (bicyclic) bond motifs is 1. The van der Waals surface area contributed by atoms with Crippen LogP contribution >= 0.6 is 11.3 Å². The molecule has 40 heavy (non-hydrogen) atoms. The van der Waals surface area contributed by atoms with E-state index in [9.17, 15) is 24.0 Å². The van der Waals surface area contributed by atoms with Crippen molar-refractivity contribution in [3.05, 3.63) is 47.3 Å². The van der Waals surface area contributed by atoms with Gasteiger partial charge in [-0.2, -0.15) is 0 Å². The van der Waals surface area contributed by atoms with Crippen LogP contribution in [0.3, 0.4) is 0 Å². The van der Waals surface area contributed by atoms with E-state index < -0.39 is 23.7 Å². The topological polar surface area (TPSA) is 116 Å². The zero-order valence-corrected chi connectivity index (χ0v) is 24.0. The molecule has 3 atom stereocenters. The summed E-state index contributed by atoms with van der Waals surface area (Å²) in [4.78, 5) is 69.8. The van der Waals surface area contributed by atoms with Crippen LogP contribution in [-0.2, 0) is 19.2 Å². The van der Waals surface area contributed by atoms with Crippen LogP contribution in [0.4, 0.5) is 0 Å². The van der Waals surface area contributed by atoms with Gasteiger partial charge in [0, 0.05) is 23.9 Å². The molecule has 1 aromatic carbocycles. The number of Topliss-reactive ketones (excluding diaryl/α,β-unsaturated/α-hetero) is 1. The lowest BCUT2D eigenvalue weighted by atomic mass is 9.75. The van der Waals surface area contributed by atoms with Gasteiger partial charge in [-0.25, -0.2) is 0 Å². The van der Waals surface area contributed by atoms with Gasteiger partial charge in [0.15, 0.2) is 5.78 Å². The Morgan fingerprint density at radius 3 is 2.38 bits per heavy atom. The van der Waals surface area contributed by atoms with Crippen LogP contribution in [0, 0.1) is 5.92 Å². The second kappa shape index (κ2) is 11.2. The summed E-state index contributed by atoms with van der Waals surface area (Å²) in [6.45, 7) is 5.61. The molecule has 5 rings (SSSR count). The highest BCUT2D eigenvalue weighted by Crippen LogP contribution is 2.38. The lowest BCUT2D eigenvalue weighted by Gasteiger charge is -2.43. The molecular weight excluding hydrogens is 528 g/mol. The Hall–Kier alpha value is -3.53. The zero-order chi connectivity index (χ0) is 28.6. The van der Waals surface area contributed by atoms with Gasteiger partial charge < -0.3 is 20.4 Å². The Morgan fingerprint density at radius 1 is 1.07 bits per heavy atom. The molecule has 3 fully saturated rings. The first kappa shape index (κ1) is 28.0. The molecule has 212 valence electrons. The van der Waals surface area contributed by atoms with E-state index in [-0.39, 0.29) is 41.9 Å². The normalized spacial score (nSPS) is 22.1. The van der Waals surface area contributed by atoms with Gasteiger partial charge in [0.05, 0.1) is 12.6 Å². The van der Waals surface area contributed by atoms with Gasteiger partial charge in [-0.15, -0.1) is 11.3 Å². The van der Waals surface area contributed by atoms with Crippen LogP contribution < -0.4 is 10.6 Å². The number of carbonyl (C=O) groups excluding carboxylic acids is 5. The maximum atomic E-state index is 13.8. The molecule has 10 heteroatoms. The Labute approximate surface area is 238 Å². The number of benzene rings is 1. The van der Waals surface area contributed by atoms with Gasteiger partial charge in [0.2, 0.25) is 17.7 Å². The molecule has 0 bridgehead atoms. The molecule has 0 spiro atoms. The third-order valence-corrected chi connectivity index (χ3v) is 9.18. The van der Waals surface area contributed by atoms with Crippen molar-refractivity contribution in [2.45, 2.75) is 76.5 Å². The van der Waals surface area contributed by atoms with E-state index in [0.717, 1.165) is 16.9 Å². The van der Waals surface area contributed by atoms with Crippen LogP contribution in [0.2, 0.25) is 0 Å². The zero-order valence-electron chi connectivity index (χ0n) is 23.1. The third kappa shape index (κ3) is 5.29. The van der Waals surface area contributed by atoms with E-state index in [1.165, 1.54) is 6.92 Å². The number of carbonyl (C=O) groups is 5. The van der Waals surface area contributed by atoms with Crippen molar-refractivity contribution in [2.24, 2.45) is 5.92 Å². The predicted octanol–water partition coefficient (Wildman–Crippen LogP) is 3.00. The minimum Gasteiger partial charge on any atom is -0.342 e. The van der Waals surface area contributed by atoms with Gasteiger partial charge in [0.1, 0.15) is 17.6 Å². The lowest BCUT2D eigenvalue weighted by Crippen LogP contribution is -2.64. The maximum absolute atomic E-state index is 13.8. The highest BCUT2D eigenvalue weighted by atomic mass is 32.1. The molecule has 1 aromatic heterocycles. The van der Waals surface area contributed by atoms with Gasteiger partial charge in [-0.05, 0) is 67.2 Å². The first-order chi connectivity index (χ1) is 19.1. The van der Waals surface area contributed by atoms with Crippen LogP contribution in [0.15, 0.2) is 41.8 Å². The second-order valence-corrected chi connectivity index (χ2v) is 12.5. The van der Waals surface area contributed by atoms with E-state index in [1.54, 1.807) is 33.3 Å². The van der Waals surface area contributed by atoms with E-state index in [2.05, 4.69) is 10.6 Å². The fraction of sp³-hybridized carbons (Fsp3) is 0.500. The van der Waals surface area contributed by atoms with Gasteiger partial charge in [-0.1, -0.05) is 32.0 Å². The summed E-state index contributed by atoms with van der Waals surface area (Å²) in [6.07, 6.45) is 2.84. The van der Waals surface area contributed by atoms with Crippen LogP contribution in [0.1, 0.15) is 63.2 Å². The fourth-order valence-corrected chi connectivity index (χ4v) is 6.97. The van der Waals surface area contributed by atoms with Crippen molar-refractivity contribution in [3.8, 4) is 10.4 Å². The van der Waals surface area contributed by atoms with Gasteiger partial charge in [0.25, 0.3) is 5.91 Å². The van der Waals surface area contributed by atoms with Crippen LogP contribution in [0.5, 0.6) is 0 Å². The Morgan fingerprint density at radius 2 is 1.80 bits per heavy atom. The molecule has 2 aliphatic heterocycles. The summed E-state index contributed by atoms with van der Waals surface area (Å²) >= 11 is 1.62. The number of hydrogen-bond acceptors (Lipinski definition) is 6. The molecule has 1 aliphatic carbocycles. The number of amides is 4. The summed E-state index contributed by atoms with van der Waals surface area (Å²) in [5.74, 6) is -1.20. The molecule has 0 radical (unpaired) electrons. The molecule has 2 saturated heterocycles. The SMILES string of the molecule is CC(=O)NC1(C(=O)N2CC(=O)C3C2CCN3C(=O)C(CC(C)C)NC(=O)c2ccc(-c3cccs3)cc2)CCC1. The number of hydrogen-bond donors (Lipinski definition) is 2. The van der Waals surface area contributed by atoms with Crippen molar-refractivity contribution in [1.82, 2.24) is 20.4 Å². The van der Waals surface area contributed by atoms with E-state index in [4.69, 9.17) is 0 Å². The molecule has 9 nitrogen and oxygen atoms in total. The number of ketones is 1. The molecule has 2 aromatic rings. The lowest BCUT2D eigenvalue weighted by molar-refractivity contribution is -0.146. The minimum atomic E-state index is -0.953. The van der Waals surface area contributed by atoms with Crippen molar-refractivity contribution < 1.29 is 24.0 Å². The molecule has 3 unspecified atom stereocenters. The number of nitrogens with one attached hydrogen (secondary N) is 2. The van der Waals surface area contributed by atoms with Crippen molar-refractivity contribution in [1.29, 1.82) is 0 Å². The predicted molar refractivity (Wildman–Crippen MR) is 151 cm³/mol. The van der Waals surface area contributed by atoms with E-state index in [1.807, 2.05) is 43.5 Å². The third-order valence-electron chi connectivity index (χ3n) is 8.26. The van der Waals surface area contributed by atoms with Crippen molar-refractivity contribution in [3.63, 3.8) is 0 Å². The van der Waals surface area contributed by atoms with Gasteiger partial charge >= 0.3 is 0 Å². The highest BCUT2D eigenvalue weighted by molar-refractivity contribution is 7.13. The second-order valence-electron chi connectivity index (χ2n) is 11.6. The Balaban J connectivity index is 1.30. The molecule has 1 saturated carbocycles. The first-order valence-corrected chi connectivity index (χ1v) is 14.9. The average Bonchev–Trinajstić information content (AvgIpc) is 3.64. The summed E-state index contributed by atoms with van der Waals surface area (Å²) in [5, 5.41) is 7.74. The maximum Gasteiger partial charge on any atom is 0.251 e. The van der Waals surface area contributed by atoms with Gasteiger partial charge in [-0.3, -0.25) is 24.0 Å². The summed E-state index contributed by atoms with van der Waals surface area (Å²) < 4.78 is 0. The minimum absolute atomic E-state index is 0.0723. The van der Waals surface area contributed by atoms with E-state index >= 15 is 0 Å². The van der Waals surface area contributed by atoms with Crippen molar-refractivity contribution >= 4 is 40.7 Å². The number of rotatable bonds is 8. The summed E-state index contributed by atoms with van der Waals surface area (Å²) in [6, 6.07) is 9.34. The van der Waals surface area contributed by atoms with Crippen LogP contribution in [-0.4, -0.2) is 76.0 Å². The molecule has 2 N–H and O–H groups in total. The van der Waals surface area contributed by atoms with Crippen molar-refractivity contribution in [2.75, 3.05) is 13.1 Å². The molecular formula is C30H36N4O5S. The largest absolute Gasteiger partial charge is 0.342 e. The number of thiophene rings is 1. The average molecular weight is 565 g/mol. The molecule has 3 heterocycles. The molecule has 4 amide bonds. The van der Waals surface area contributed by atoms with E-state index in [0.29, 0.717) is 37.8 Å². The smallest absolute Gasteiger partial charge is 0.251 e. The molecule has 3 aliphatic rings. The summed E-state index contributed by atoms with van der Waals surface area (Å²) in [5.41, 5.74) is 0.523. The summed E-state index contributed by atoms with van der Waals surface area (Å²) in [7, 11) is 0. The van der Waals surface area contributed by atoms with Crippen LogP contribution in [0.25, 0.3) is 10.4 Å². The highest BCUT2D eigenvalue weighted by Gasteiger charge is 2.56. The fourth-order valence-electron chi connectivity index (χ4n) is 6.24. The monoisotopic (exact) mass is 564 g/mol. The number of likely N-dealkylation sites (tertiary alicyclic amines) is 2.